The van der Waals surface area contributed by atoms with Gasteiger partial charge in [0.1, 0.15) is 0 Å². The molecule has 0 fully saturated rings. The molecule has 21 heavy (non-hydrogen) atoms. The molecule has 1 heterocycles. The van der Waals surface area contributed by atoms with E-state index in [9.17, 15) is 9.59 Å². The summed E-state index contributed by atoms with van der Waals surface area (Å²) < 4.78 is 2.06. The average Bonchev–Trinajstić information content (AvgIpc) is 2.79. The van der Waals surface area contributed by atoms with Gasteiger partial charge in [-0.1, -0.05) is 18.2 Å². The number of rotatable bonds is 6. The first-order chi connectivity index (χ1) is 9.99. The van der Waals surface area contributed by atoms with E-state index in [2.05, 4.69) is 22.9 Å². The minimum absolute atomic E-state index is 0.0174. The molecule has 0 unspecified atom stereocenters. The van der Waals surface area contributed by atoms with Crippen LogP contribution in [0.2, 0.25) is 0 Å². The van der Waals surface area contributed by atoms with Gasteiger partial charge >= 0.3 is 5.97 Å². The molecule has 1 N–H and O–H groups in total. The SMILES string of the molecule is CN(CCC(=O)O)C(=O)CCc1cn(C)c2ccccc12. The summed E-state index contributed by atoms with van der Waals surface area (Å²) in [7, 11) is 3.64. The third kappa shape index (κ3) is 3.62. The van der Waals surface area contributed by atoms with E-state index >= 15 is 0 Å². The number of amides is 1. The predicted octanol–water partition coefficient (Wildman–Crippen LogP) is 2.04. The molecule has 1 aromatic carbocycles. The number of fused-ring (bicyclic) bond motifs is 1. The summed E-state index contributed by atoms with van der Waals surface area (Å²) in [5.74, 6) is -0.909. The van der Waals surface area contributed by atoms with Gasteiger partial charge in [0.15, 0.2) is 0 Å². The fourth-order valence-electron chi connectivity index (χ4n) is 2.45. The summed E-state index contributed by atoms with van der Waals surface area (Å²) in [4.78, 5) is 24.0. The first-order valence-corrected chi connectivity index (χ1v) is 6.97. The van der Waals surface area contributed by atoms with Gasteiger partial charge in [0.2, 0.25) is 5.91 Å². The minimum Gasteiger partial charge on any atom is -0.481 e. The maximum Gasteiger partial charge on any atom is 0.305 e. The largest absolute Gasteiger partial charge is 0.481 e. The summed E-state index contributed by atoms with van der Waals surface area (Å²) in [6, 6.07) is 8.10. The van der Waals surface area contributed by atoms with E-state index in [1.807, 2.05) is 19.2 Å². The van der Waals surface area contributed by atoms with Crippen LogP contribution in [0.25, 0.3) is 10.9 Å². The van der Waals surface area contributed by atoms with Crippen molar-refractivity contribution in [1.82, 2.24) is 9.47 Å². The van der Waals surface area contributed by atoms with Crippen LogP contribution in [0.15, 0.2) is 30.5 Å². The molecule has 0 spiro atoms. The molecule has 0 bridgehead atoms. The smallest absolute Gasteiger partial charge is 0.305 e. The second kappa shape index (κ2) is 6.43. The van der Waals surface area contributed by atoms with Crippen LogP contribution >= 0.6 is 0 Å². The lowest BCUT2D eigenvalue weighted by Gasteiger charge is -2.15. The quantitative estimate of drug-likeness (QED) is 0.885. The van der Waals surface area contributed by atoms with Crippen molar-refractivity contribution in [1.29, 1.82) is 0 Å². The van der Waals surface area contributed by atoms with Gasteiger partial charge in [0.25, 0.3) is 0 Å². The lowest BCUT2D eigenvalue weighted by atomic mass is 10.1. The number of para-hydroxylation sites is 1. The van der Waals surface area contributed by atoms with Gasteiger partial charge in [-0.15, -0.1) is 0 Å². The topological polar surface area (TPSA) is 62.5 Å². The Balaban J connectivity index is 1.98. The van der Waals surface area contributed by atoms with Crippen molar-refractivity contribution in [2.45, 2.75) is 19.3 Å². The zero-order valence-electron chi connectivity index (χ0n) is 12.4. The van der Waals surface area contributed by atoms with Crippen molar-refractivity contribution in [2.75, 3.05) is 13.6 Å². The Morgan fingerprint density at radius 3 is 2.67 bits per heavy atom. The lowest BCUT2D eigenvalue weighted by molar-refractivity contribution is -0.138. The number of hydrogen-bond donors (Lipinski definition) is 1. The molecule has 1 aromatic heterocycles. The molecule has 112 valence electrons. The highest BCUT2D eigenvalue weighted by Gasteiger charge is 2.12. The van der Waals surface area contributed by atoms with Crippen molar-refractivity contribution < 1.29 is 14.7 Å². The number of carbonyl (C=O) groups excluding carboxylic acids is 1. The number of aliphatic carboxylic acids is 1. The van der Waals surface area contributed by atoms with E-state index in [0.717, 1.165) is 11.1 Å². The number of hydrogen-bond acceptors (Lipinski definition) is 2. The second-order valence-corrected chi connectivity index (χ2v) is 5.24. The lowest BCUT2D eigenvalue weighted by Crippen LogP contribution is -2.29. The van der Waals surface area contributed by atoms with Crippen LogP contribution < -0.4 is 0 Å². The zero-order chi connectivity index (χ0) is 15.4. The van der Waals surface area contributed by atoms with Crippen LogP contribution in [0.4, 0.5) is 0 Å². The minimum atomic E-state index is -0.885. The van der Waals surface area contributed by atoms with E-state index in [0.29, 0.717) is 12.8 Å². The van der Waals surface area contributed by atoms with Crippen LogP contribution in [0.5, 0.6) is 0 Å². The summed E-state index contributed by atoms with van der Waals surface area (Å²) in [6.07, 6.45) is 3.09. The molecule has 2 aromatic rings. The molecule has 0 atom stereocenters. The summed E-state index contributed by atoms with van der Waals surface area (Å²) in [5, 5.41) is 9.80. The van der Waals surface area contributed by atoms with Gasteiger partial charge in [-0.25, -0.2) is 0 Å². The van der Waals surface area contributed by atoms with Crippen molar-refractivity contribution >= 4 is 22.8 Å². The number of benzene rings is 1. The van der Waals surface area contributed by atoms with Gasteiger partial charge < -0.3 is 14.6 Å². The maximum atomic E-state index is 12.0. The summed E-state index contributed by atoms with van der Waals surface area (Å²) in [6.45, 7) is 0.254. The van der Waals surface area contributed by atoms with E-state index < -0.39 is 5.97 Å². The number of carbonyl (C=O) groups is 2. The Labute approximate surface area is 123 Å². The number of nitrogens with zero attached hydrogens (tertiary/aromatic N) is 2. The van der Waals surface area contributed by atoms with Crippen LogP contribution in [0, 0.1) is 0 Å². The van der Waals surface area contributed by atoms with Crippen molar-refractivity contribution in [3.63, 3.8) is 0 Å². The number of carboxylic acid groups (broad SMARTS) is 1. The van der Waals surface area contributed by atoms with Gasteiger partial charge in [0, 0.05) is 44.2 Å². The fraction of sp³-hybridized carbons (Fsp3) is 0.375. The zero-order valence-corrected chi connectivity index (χ0v) is 12.4. The van der Waals surface area contributed by atoms with Gasteiger partial charge in [-0.2, -0.15) is 0 Å². The van der Waals surface area contributed by atoms with Crippen LogP contribution in [0.3, 0.4) is 0 Å². The number of aromatic nitrogens is 1. The monoisotopic (exact) mass is 288 g/mol. The molecule has 0 saturated carbocycles. The van der Waals surface area contributed by atoms with Gasteiger partial charge in [-0.3, -0.25) is 9.59 Å². The molecular formula is C16H20N2O3. The Morgan fingerprint density at radius 2 is 1.95 bits per heavy atom. The molecule has 5 heteroatoms. The third-order valence-corrected chi connectivity index (χ3v) is 3.67. The van der Waals surface area contributed by atoms with Crippen LogP contribution in [-0.2, 0) is 23.1 Å². The third-order valence-electron chi connectivity index (χ3n) is 3.67. The van der Waals surface area contributed by atoms with Crippen molar-refractivity contribution in [2.24, 2.45) is 7.05 Å². The molecule has 1 amide bonds. The Bertz CT molecular complexity index is 661. The normalized spacial score (nSPS) is 10.8. The predicted molar refractivity (Wildman–Crippen MR) is 81.1 cm³/mol. The number of carboxylic acids is 1. The molecule has 0 radical (unpaired) electrons. The van der Waals surface area contributed by atoms with E-state index in [-0.39, 0.29) is 18.9 Å². The number of aryl methyl sites for hydroxylation is 2. The van der Waals surface area contributed by atoms with Gasteiger partial charge in [-0.05, 0) is 18.1 Å². The highest BCUT2D eigenvalue weighted by molar-refractivity contribution is 5.85. The van der Waals surface area contributed by atoms with Crippen LogP contribution in [0.1, 0.15) is 18.4 Å². The van der Waals surface area contributed by atoms with E-state index in [1.165, 1.54) is 10.3 Å². The highest BCUT2D eigenvalue weighted by atomic mass is 16.4. The van der Waals surface area contributed by atoms with Crippen molar-refractivity contribution in [3.8, 4) is 0 Å². The molecule has 0 aliphatic heterocycles. The molecule has 0 aliphatic rings. The standard InChI is InChI=1S/C16H20N2O3/c1-17(10-9-16(20)21)15(19)8-7-12-11-18(2)14-6-4-3-5-13(12)14/h3-6,11H,7-10H2,1-2H3,(H,20,21). The van der Waals surface area contributed by atoms with Crippen molar-refractivity contribution in [3.05, 3.63) is 36.0 Å². The Kier molecular flexibility index (Phi) is 4.62. The Hall–Kier alpha value is -2.30. The molecule has 5 nitrogen and oxygen atoms in total. The maximum absolute atomic E-state index is 12.0. The molecule has 0 saturated heterocycles. The van der Waals surface area contributed by atoms with E-state index in [4.69, 9.17) is 5.11 Å². The first kappa shape index (κ1) is 15.1. The average molecular weight is 288 g/mol. The molecular weight excluding hydrogens is 268 g/mol. The second-order valence-electron chi connectivity index (χ2n) is 5.24. The first-order valence-electron chi connectivity index (χ1n) is 6.97. The molecule has 0 aliphatic carbocycles. The Morgan fingerprint density at radius 1 is 1.24 bits per heavy atom. The highest BCUT2D eigenvalue weighted by Crippen LogP contribution is 2.21. The fourth-order valence-corrected chi connectivity index (χ4v) is 2.45. The van der Waals surface area contributed by atoms with Crippen LogP contribution in [-0.4, -0.2) is 40.0 Å². The molecule has 2 rings (SSSR count). The van der Waals surface area contributed by atoms with E-state index in [1.54, 1.807) is 7.05 Å². The van der Waals surface area contributed by atoms with Gasteiger partial charge in [0.05, 0.1) is 6.42 Å². The summed E-state index contributed by atoms with van der Waals surface area (Å²) >= 11 is 0. The summed E-state index contributed by atoms with van der Waals surface area (Å²) in [5.41, 5.74) is 2.30.